The van der Waals surface area contributed by atoms with Gasteiger partial charge in [-0.25, -0.2) is 0 Å². The molecule has 0 aromatic heterocycles. The summed E-state index contributed by atoms with van der Waals surface area (Å²) in [6, 6.07) is 21.5. The second-order valence-corrected chi connectivity index (χ2v) is 8.92. The van der Waals surface area contributed by atoms with Gasteiger partial charge in [0.1, 0.15) is 0 Å². The van der Waals surface area contributed by atoms with Gasteiger partial charge in [-0.3, -0.25) is 0 Å². The average molecular weight is 366 g/mol. The van der Waals surface area contributed by atoms with Gasteiger partial charge in [0.25, 0.3) is 0 Å². The quantitative estimate of drug-likeness (QED) is 0.649. The molecular formula is C24H31OP. The van der Waals surface area contributed by atoms with Crippen molar-refractivity contribution in [2.24, 2.45) is 5.41 Å². The lowest BCUT2D eigenvalue weighted by Gasteiger charge is -2.34. The Labute approximate surface area is 160 Å². The second kappa shape index (κ2) is 11.1. The van der Waals surface area contributed by atoms with Crippen LogP contribution in [-0.4, -0.2) is 17.9 Å². The van der Waals surface area contributed by atoms with Crippen molar-refractivity contribution < 1.29 is 5.11 Å². The summed E-state index contributed by atoms with van der Waals surface area (Å²) in [5, 5.41) is 12.7. The zero-order valence-electron chi connectivity index (χ0n) is 16.0. The Morgan fingerprint density at radius 3 is 1.58 bits per heavy atom. The maximum absolute atomic E-state index is 9.93. The first-order valence-electron chi connectivity index (χ1n) is 9.55. The van der Waals surface area contributed by atoms with Crippen molar-refractivity contribution in [2.45, 2.75) is 33.1 Å². The average Bonchev–Trinajstić information content (AvgIpc) is 3.31. The number of allylic oxidation sites excluding steroid dienone is 4. The molecule has 0 bridgehead atoms. The van der Waals surface area contributed by atoms with E-state index >= 15 is 0 Å². The standard InChI is InChI=1S/C19H25OP.C5H6/c1-3-19(4-2,15-20)16-21(17-11-7-5-8-12-17)18-13-9-6-10-14-18;1-2-4-5-3-1/h5-14,20H,3-4,15-16H2,1-2H3;1-4H,5H2. The van der Waals surface area contributed by atoms with Gasteiger partial charge in [0, 0.05) is 6.61 Å². The van der Waals surface area contributed by atoms with E-state index in [-0.39, 0.29) is 12.0 Å². The van der Waals surface area contributed by atoms with Crippen LogP contribution in [0, 0.1) is 5.41 Å². The SMILES string of the molecule is C1=CCC=C1.CCC(CC)(CO)CP(c1ccccc1)c1ccccc1. The topological polar surface area (TPSA) is 20.2 Å². The lowest BCUT2D eigenvalue weighted by atomic mass is 9.86. The summed E-state index contributed by atoms with van der Waals surface area (Å²) in [7, 11) is -0.416. The number of benzene rings is 2. The normalized spacial score (nSPS) is 12.9. The molecule has 0 saturated heterocycles. The predicted octanol–water partition coefficient (Wildman–Crippen LogP) is 5.42. The molecule has 1 aliphatic rings. The highest BCUT2D eigenvalue weighted by Crippen LogP contribution is 2.43. The lowest BCUT2D eigenvalue weighted by molar-refractivity contribution is 0.137. The summed E-state index contributed by atoms with van der Waals surface area (Å²) >= 11 is 0. The van der Waals surface area contributed by atoms with Gasteiger partial charge in [-0.1, -0.05) is 98.8 Å². The van der Waals surface area contributed by atoms with Gasteiger partial charge in [-0.05, 0) is 49.4 Å². The second-order valence-electron chi connectivity index (χ2n) is 6.71. The minimum atomic E-state index is -0.416. The van der Waals surface area contributed by atoms with E-state index in [1.54, 1.807) is 0 Å². The summed E-state index contributed by atoms with van der Waals surface area (Å²) in [5.41, 5.74) is 0.0391. The number of hydrogen-bond donors (Lipinski definition) is 1. The molecule has 0 aliphatic heterocycles. The molecule has 0 spiro atoms. The van der Waals surface area contributed by atoms with Crippen LogP contribution in [0.2, 0.25) is 0 Å². The largest absolute Gasteiger partial charge is 0.396 e. The van der Waals surface area contributed by atoms with Crippen LogP contribution in [0.1, 0.15) is 33.1 Å². The van der Waals surface area contributed by atoms with Crippen molar-refractivity contribution in [2.75, 3.05) is 12.8 Å². The zero-order chi connectivity index (χ0) is 18.7. The number of hydrogen-bond acceptors (Lipinski definition) is 1. The van der Waals surface area contributed by atoms with Crippen LogP contribution in [0.4, 0.5) is 0 Å². The Balaban J connectivity index is 0.000000417. The molecular weight excluding hydrogens is 335 g/mol. The van der Waals surface area contributed by atoms with Crippen LogP contribution >= 0.6 is 7.92 Å². The van der Waals surface area contributed by atoms with Crippen molar-refractivity contribution in [3.8, 4) is 0 Å². The summed E-state index contributed by atoms with van der Waals surface area (Å²) in [5.74, 6) is 0. The third-order valence-corrected chi connectivity index (χ3v) is 7.95. The van der Waals surface area contributed by atoms with Crippen molar-refractivity contribution >= 4 is 18.5 Å². The number of aliphatic hydroxyl groups excluding tert-OH is 1. The molecule has 3 rings (SSSR count). The fraction of sp³-hybridized carbons (Fsp3) is 0.333. The molecule has 1 N–H and O–H groups in total. The molecule has 1 aliphatic carbocycles. The van der Waals surface area contributed by atoms with E-state index in [4.69, 9.17) is 0 Å². The molecule has 26 heavy (non-hydrogen) atoms. The smallest absolute Gasteiger partial charge is 0.0490 e. The summed E-state index contributed by atoms with van der Waals surface area (Å²) in [4.78, 5) is 0. The summed E-state index contributed by atoms with van der Waals surface area (Å²) in [6.45, 7) is 4.67. The van der Waals surface area contributed by atoms with Gasteiger partial charge in [0.2, 0.25) is 0 Å². The highest BCUT2D eigenvalue weighted by Gasteiger charge is 2.30. The molecule has 0 radical (unpaired) electrons. The highest BCUT2D eigenvalue weighted by atomic mass is 31.1. The van der Waals surface area contributed by atoms with Crippen LogP contribution in [0.15, 0.2) is 85.0 Å². The van der Waals surface area contributed by atoms with Gasteiger partial charge in [-0.2, -0.15) is 0 Å². The number of aliphatic hydroxyl groups is 1. The molecule has 0 heterocycles. The fourth-order valence-electron chi connectivity index (χ4n) is 3.02. The summed E-state index contributed by atoms with van der Waals surface area (Å²) in [6.07, 6.45) is 12.6. The molecule has 0 unspecified atom stereocenters. The maximum atomic E-state index is 9.93. The van der Waals surface area contributed by atoms with E-state index in [2.05, 4.69) is 98.8 Å². The van der Waals surface area contributed by atoms with Crippen molar-refractivity contribution in [3.63, 3.8) is 0 Å². The maximum Gasteiger partial charge on any atom is 0.0490 e. The monoisotopic (exact) mass is 366 g/mol. The Morgan fingerprint density at radius 2 is 1.27 bits per heavy atom. The first kappa shape index (κ1) is 20.6. The van der Waals surface area contributed by atoms with E-state index in [0.717, 1.165) is 25.4 Å². The van der Waals surface area contributed by atoms with Crippen LogP contribution < -0.4 is 10.6 Å². The Morgan fingerprint density at radius 1 is 0.808 bits per heavy atom. The molecule has 0 fully saturated rings. The number of rotatable bonds is 7. The molecule has 1 nitrogen and oxygen atoms in total. The lowest BCUT2D eigenvalue weighted by Crippen LogP contribution is -2.31. The molecule has 0 atom stereocenters. The van der Waals surface area contributed by atoms with E-state index in [1.165, 1.54) is 10.6 Å². The van der Waals surface area contributed by atoms with Crippen LogP contribution in [0.3, 0.4) is 0 Å². The molecule has 2 aromatic rings. The van der Waals surface area contributed by atoms with E-state index in [9.17, 15) is 5.11 Å². The van der Waals surface area contributed by atoms with Gasteiger partial charge in [0.15, 0.2) is 0 Å². The first-order chi connectivity index (χ1) is 12.7. The Bertz CT molecular complexity index is 614. The van der Waals surface area contributed by atoms with Crippen molar-refractivity contribution in [1.82, 2.24) is 0 Å². The Hall–Kier alpha value is -1.69. The van der Waals surface area contributed by atoms with Crippen LogP contribution in [0.5, 0.6) is 0 Å². The minimum Gasteiger partial charge on any atom is -0.396 e. The third-order valence-electron chi connectivity index (χ3n) is 5.12. The Kier molecular flexibility index (Phi) is 8.81. The highest BCUT2D eigenvalue weighted by molar-refractivity contribution is 7.73. The van der Waals surface area contributed by atoms with Gasteiger partial charge >= 0.3 is 0 Å². The predicted molar refractivity (Wildman–Crippen MR) is 117 cm³/mol. The van der Waals surface area contributed by atoms with Gasteiger partial charge in [-0.15, -0.1) is 0 Å². The van der Waals surface area contributed by atoms with Crippen LogP contribution in [-0.2, 0) is 0 Å². The first-order valence-corrected chi connectivity index (χ1v) is 11.1. The fourth-order valence-corrected chi connectivity index (χ4v) is 5.97. The third kappa shape index (κ3) is 5.94. The van der Waals surface area contributed by atoms with Crippen molar-refractivity contribution in [1.29, 1.82) is 0 Å². The van der Waals surface area contributed by atoms with E-state index < -0.39 is 7.92 Å². The zero-order valence-corrected chi connectivity index (χ0v) is 16.9. The molecule has 0 saturated carbocycles. The van der Waals surface area contributed by atoms with Crippen LogP contribution in [0.25, 0.3) is 0 Å². The molecule has 2 aromatic carbocycles. The van der Waals surface area contributed by atoms with Gasteiger partial charge < -0.3 is 5.11 Å². The molecule has 2 heteroatoms. The van der Waals surface area contributed by atoms with Crippen molar-refractivity contribution in [3.05, 3.63) is 85.0 Å². The van der Waals surface area contributed by atoms with E-state index in [0.29, 0.717) is 0 Å². The molecule has 0 amide bonds. The molecule has 138 valence electrons. The minimum absolute atomic E-state index is 0.0391. The van der Waals surface area contributed by atoms with Gasteiger partial charge in [0.05, 0.1) is 0 Å². The summed E-state index contributed by atoms with van der Waals surface area (Å²) < 4.78 is 0. The van der Waals surface area contributed by atoms with E-state index in [1.807, 2.05) is 0 Å².